The second-order valence-corrected chi connectivity index (χ2v) is 8.30. The van der Waals surface area contributed by atoms with E-state index < -0.39 is 58.8 Å². The van der Waals surface area contributed by atoms with E-state index in [0.29, 0.717) is 0 Å². The lowest BCUT2D eigenvalue weighted by atomic mass is 9.93. The smallest absolute Gasteiger partial charge is 0.412 e. The first-order valence-corrected chi connectivity index (χ1v) is 11.2. The Balaban J connectivity index is 1.72. The summed E-state index contributed by atoms with van der Waals surface area (Å²) in [6, 6.07) is 6.21. The number of fused-ring (bicyclic) bond motifs is 1. The summed E-state index contributed by atoms with van der Waals surface area (Å²) in [6.07, 6.45) is -3.54. The van der Waals surface area contributed by atoms with Crippen molar-refractivity contribution in [1.29, 1.82) is 0 Å². The van der Waals surface area contributed by atoms with Gasteiger partial charge in [-0.1, -0.05) is 0 Å². The van der Waals surface area contributed by atoms with Crippen LogP contribution in [0.4, 0.5) is 4.79 Å². The minimum Gasteiger partial charge on any atom is -0.508 e. The molecule has 3 aromatic carbocycles. The van der Waals surface area contributed by atoms with E-state index in [1.807, 2.05) is 0 Å². The minimum absolute atomic E-state index is 0.0290. The number of rotatable bonds is 5. The lowest BCUT2D eigenvalue weighted by Crippen LogP contribution is -2.34. The molecule has 0 bridgehead atoms. The first-order valence-electron chi connectivity index (χ1n) is 11.2. The number of ether oxygens (including phenoxy) is 3. The highest BCUT2D eigenvalue weighted by molar-refractivity contribution is 5.91. The van der Waals surface area contributed by atoms with Gasteiger partial charge in [0.15, 0.2) is 34.9 Å². The number of carbonyl (C=O) groups is 2. The van der Waals surface area contributed by atoms with Crippen LogP contribution in [0.25, 0.3) is 0 Å². The number of hydrogen-bond acceptors (Lipinski definition) is 12. The highest BCUT2D eigenvalue weighted by Crippen LogP contribution is 2.46. The van der Waals surface area contributed by atoms with Gasteiger partial charge in [-0.15, -0.1) is 0 Å². The number of benzene rings is 3. The van der Waals surface area contributed by atoms with E-state index in [9.17, 15) is 45.3 Å². The van der Waals surface area contributed by atoms with E-state index in [4.69, 9.17) is 14.2 Å². The number of phenolic OH excluding ortho intramolecular Hbond substituents is 7. The van der Waals surface area contributed by atoms with Crippen LogP contribution >= 0.6 is 0 Å². The third kappa shape index (κ3) is 5.02. The maximum atomic E-state index is 12.9. The Morgan fingerprint density at radius 2 is 1.53 bits per heavy atom. The lowest BCUT2D eigenvalue weighted by Gasteiger charge is -2.34. The molecule has 38 heavy (non-hydrogen) atoms. The Labute approximate surface area is 214 Å². The summed E-state index contributed by atoms with van der Waals surface area (Å²) in [6.45, 7) is 1.87. The van der Waals surface area contributed by atoms with Crippen LogP contribution in [0.3, 0.4) is 0 Å². The van der Waals surface area contributed by atoms with Crippen LogP contribution in [0.5, 0.6) is 51.7 Å². The molecule has 8 N–H and O–H groups in total. The molecule has 13 nitrogen and oxygen atoms in total. The van der Waals surface area contributed by atoms with Crippen molar-refractivity contribution in [2.24, 2.45) is 0 Å². The molecule has 1 heterocycles. The minimum atomic E-state index is -1.23. The van der Waals surface area contributed by atoms with Crippen LogP contribution < -0.4 is 14.8 Å². The van der Waals surface area contributed by atoms with Crippen LogP contribution in [-0.2, 0) is 11.2 Å². The van der Waals surface area contributed by atoms with Gasteiger partial charge in [0.1, 0.15) is 23.4 Å². The highest BCUT2D eigenvalue weighted by atomic mass is 16.6. The van der Waals surface area contributed by atoms with Crippen LogP contribution in [0, 0.1) is 0 Å². The third-order valence-electron chi connectivity index (χ3n) is 5.65. The van der Waals surface area contributed by atoms with E-state index in [1.165, 1.54) is 6.07 Å². The number of amides is 1. The molecular formula is C25H23NO12. The fourth-order valence-corrected chi connectivity index (χ4v) is 3.92. The van der Waals surface area contributed by atoms with Gasteiger partial charge in [-0.3, -0.25) is 0 Å². The maximum Gasteiger partial charge on any atom is 0.412 e. The number of carbonyl (C=O) groups excluding carboxylic acids is 2. The largest absolute Gasteiger partial charge is 0.508 e. The van der Waals surface area contributed by atoms with E-state index in [0.717, 1.165) is 30.3 Å². The Morgan fingerprint density at radius 3 is 2.13 bits per heavy atom. The Kier molecular flexibility index (Phi) is 6.84. The average molecular weight is 529 g/mol. The molecular weight excluding hydrogens is 506 g/mol. The van der Waals surface area contributed by atoms with E-state index in [2.05, 4.69) is 5.32 Å². The normalized spacial score (nSPS) is 16.1. The molecule has 13 heteroatoms. The Bertz CT molecular complexity index is 1370. The first kappa shape index (κ1) is 25.9. The van der Waals surface area contributed by atoms with Gasteiger partial charge in [0.25, 0.3) is 0 Å². The molecule has 200 valence electrons. The second-order valence-electron chi connectivity index (χ2n) is 8.30. The van der Waals surface area contributed by atoms with Crippen LogP contribution in [0.1, 0.15) is 34.5 Å². The molecule has 1 amide bonds. The zero-order valence-electron chi connectivity index (χ0n) is 19.7. The van der Waals surface area contributed by atoms with Crippen molar-refractivity contribution >= 4 is 12.1 Å². The van der Waals surface area contributed by atoms with Gasteiger partial charge >= 0.3 is 12.1 Å². The van der Waals surface area contributed by atoms with Crippen molar-refractivity contribution in [1.82, 2.24) is 5.32 Å². The van der Waals surface area contributed by atoms with Crippen LogP contribution in [0.2, 0.25) is 0 Å². The molecule has 2 atom stereocenters. The van der Waals surface area contributed by atoms with Crippen molar-refractivity contribution in [3.8, 4) is 51.7 Å². The molecule has 3 aromatic rings. The number of phenols is 7. The number of nitrogens with one attached hydrogen (secondary N) is 1. The monoisotopic (exact) mass is 529 g/mol. The number of hydrogen-bond donors (Lipinski definition) is 8. The molecule has 1 aliphatic rings. The number of aromatic hydroxyl groups is 7. The topological polar surface area (TPSA) is 215 Å². The fraction of sp³-hybridized carbons (Fsp3) is 0.200. The molecule has 1 aliphatic heterocycles. The summed E-state index contributed by atoms with van der Waals surface area (Å²) in [7, 11) is 0. The Morgan fingerprint density at radius 1 is 0.895 bits per heavy atom. The molecule has 0 fully saturated rings. The lowest BCUT2D eigenvalue weighted by molar-refractivity contribution is -0.0189. The summed E-state index contributed by atoms with van der Waals surface area (Å²) >= 11 is 0. The molecule has 4 rings (SSSR count). The average Bonchev–Trinajstić information content (AvgIpc) is 2.84. The van der Waals surface area contributed by atoms with Gasteiger partial charge in [-0.05, 0) is 31.2 Å². The van der Waals surface area contributed by atoms with E-state index in [-0.39, 0.29) is 46.9 Å². The fourth-order valence-electron chi connectivity index (χ4n) is 3.92. The zero-order valence-corrected chi connectivity index (χ0v) is 19.7. The van der Waals surface area contributed by atoms with Gasteiger partial charge in [-0.2, -0.15) is 0 Å². The number of esters is 1. The highest BCUT2D eigenvalue weighted by Gasteiger charge is 2.37. The molecule has 0 radical (unpaired) electrons. The molecule has 0 unspecified atom stereocenters. The third-order valence-corrected chi connectivity index (χ3v) is 5.65. The van der Waals surface area contributed by atoms with Crippen molar-refractivity contribution in [2.75, 3.05) is 6.54 Å². The van der Waals surface area contributed by atoms with Crippen LogP contribution in [0.15, 0.2) is 36.4 Å². The summed E-state index contributed by atoms with van der Waals surface area (Å²) in [5.74, 6) is -5.89. The van der Waals surface area contributed by atoms with E-state index >= 15 is 0 Å². The van der Waals surface area contributed by atoms with Crippen molar-refractivity contribution in [3.63, 3.8) is 0 Å². The van der Waals surface area contributed by atoms with E-state index in [1.54, 1.807) is 6.92 Å². The predicted molar refractivity (Wildman–Crippen MR) is 127 cm³/mol. The van der Waals surface area contributed by atoms with Gasteiger partial charge in [-0.25, -0.2) is 9.59 Å². The van der Waals surface area contributed by atoms with Gasteiger partial charge in [0.05, 0.1) is 5.56 Å². The van der Waals surface area contributed by atoms with Crippen LogP contribution in [-0.4, -0.2) is 60.5 Å². The SMILES string of the molecule is CCNC(=O)Oc1c(O)cc([C@H]2Oc3cc(O)cc(O)c3C[C@H]2OC(=O)c2cc(O)c(O)c(O)c2)cc1O. The molecule has 0 saturated heterocycles. The molecule has 0 aromatic heterocycles. The van der Waals surface area contributed by atoms with Crippen molar-refractivity contribution in [3.05, 3.63) is 53.1 Å². The summed E-state index contributed by atoms with van der Waals surface area (Å²) in [4.78, 5) is 24.6. The second kappa shape index (κ2) is 10.0. The van der Waals surface area contributed by atoms with Gasteiger partial charge in [0.2, 0.25) is 5.75 Å². The standard InChI is InChI=1S/C25H23NO12/c1-2-26-25(35)38-23-17(31)3-10(4-18(23)32)22-20(9-13-14(28)7-12(27)8-19(13)36-22)37-24(34)11-5-15(29)21(33)16(30)6-11/h3-8,20,22,27-33H,2,9H2,1H3,(H,26,35)/t20-,22-/m1/s1. The maximum absolute atomic E-state index is 12.9. The first-order chi connectivity index (χ1) is 18.0. The summed E-state index contributed by atoms with van der Waals surface area (Å²) < 4.78 is 16.3. The summed E-state index contributed by atoms with van der Waals surface area (Å²) in [5.41, 5.74) is -0.0857. The molecule has 0 spiro atoms. The Hall–Kier alpha value is -5.20. The molecule has 0 saturated carbocycles. The van der Waals surface area contributed by atoms with Gasteiger partial charge < -0.3 is 55.3 Å². The summed E-state index contributed by atoms with van der Waals surface area (Å²) in [5, 5.41) is 72.5. The zero-order chi connectivity index (χ0) is 27.7. The predicted octanol–water partition coefficient (Wildman–Crippen LogP) is 2.64. The van der Waals surface area contributed by atoms with Gasteiger partial charge in [0, 0.05) is 36.2 Å². The van der Waals surface area contributed by atoms with Crippen molar-refractivity contribution < 1.29 is 59.5 Å². The van der Waals surface area contributed by atoms with Crippen molar-refractivity contribution in [2.45, 2.75) is 25.6 Å². The molecule has 0 aliphatic carbocycles. The quantitative estimate of drug-likeness (QED) is 0.177.